The van der Waals surface area contributed by atoms with E-state index in [1.807, 2.05) is 24.3 Å². The monoisotopic (exact) mass is 235 g/mol. The number of ketones is 1. The summed E-state index contributed by atoms with van der Waals surface area (Å²) in [7, 11) is 3.10. The number of Topliss-reactive ketones (excluding diaryl/α,β-unsaturated/α-hetero) is 1. The highest BCUT2D eigenvalue weighted by atomic mass is 16.5. The first-order chi connectivity index (χ1) is 8.19. The van der Waals surface area contributed by atoms with Crippen molar-refractivity contribution in [1.82, 2.24) is 5.32 Å². The molecule has 92 valence electrons. The third-order valence-electron chi connectivity index (χ3n) is 2.29. The zero-order chi connectivity index (χ0) is 12.7. The lowest BCUT2D eigenvalue weighted by atomic mass is 10.2. The van der Waals surface area contributed by atoms with Crippen LogP contribution in [0.15, 0.2) is 36.2 Å². The van der Waals surface area contributed by atoms with Crippen molar-refractivity contribution in [3.05, 3.63) is 41.8 Å². The minimum absolute atomic E-state index is 0.111. The molecule has 0 radical (unpaired) electrons. The van der Waals surface area contributed by atoms with Gasteiger partial charge >= 0.3 is 0 Å². The van der Waals surface area contributed by atoms with Gasteiger partial charge < -0.3 is 14.8 Å². The van der Waals surface area contributed by atoms with Crippen molar-refractivity contribution in [2.45, 2.75) is 13.5 Å². The minimum Gasteiger partial charge on any atom is -0.496 e. The van der Waals surface area contributed by atoms with E-state index in [0.717, 1.165) is 11.3 Å². The zero-order valence-corrected chi connectivity index (χ0v) is 10.3. The van der Waals surface area contributed by atoms with Crippen molar-refractivity contribution < 1.29 is 14.3 Å². The highest BCUT2D eigenvalue weighted by Crippen LogP contribution is 2.16. The van der Waals surface area contributed by atoms with E-state index in [-0.39, 0.29) is 5.78 Å². The van der Waals surface area contributed by atoms with Gasteiger partial charge in [-0.25, -0.2) is 0 Å². The quantitative estimate of drug-likeness (QED) is 0.604. The number of hydrogen-bond acceptors (Lipinski definition) is 4. The molecule has 0 aromatic heterocycles. The first-order valence-corrected chi connectivity index (χ1v) is 5.29. The van der Waals surface area contributed by atoms with E-state index in [0.29, 0.717) is 12.3 Å². The van der Waals surface area contributed by atoms with Crippen molar-refractivity contribution in [1.29, 1.82) is 0 Å². The Kier molecular flexibility index (Phi) is 5.07. The van der Waals surface area contributed by atoms with Gasteiger partial charge in [0.15, 0.2) is 11.5 Å². The molecule has 0 spiro atoms. The summed E-state index contributed by atoms with van der Waals surface area (Å²) in [6, 6.07) is 7.70. The molecule has 17 heavy (non-hydrogen) atoms. The molecule has 0 atom stereocenters. The molecule has 1 N–H and O–H groups in total. The van der Waals surface area contributed by atoms with Gasteiger partial charge in [0.05, 0.1) is 14.2 Å². The fourth-order valence-electron chi connectivity index (χ4n) is 1.41. The summed E-state index contributed by atoms with van der Waals surface area (Å²) >= 11 is 0. The number of nitrogens with one attached hydrogen (secondary N) is 1. The summed E-state index contributed by atoms with van der Waals surface area (Å²) in [5.74, 6) is 1.01. The second kappa shape index (κ2) is 6.58. The van der Waals surface area contributed by atoms with Gasteiger partial charge in [-0.05, 0) is 6.07 Å². The van der Waals surface area contributed by atoms with Gasteiger partial charge in [-0.1, -0.05) is 18.2 Å². The van der Waals surface area contributed by atoms with Crippen molar-refractivity contribution in [2.75, 3.05) is 14.2 Å². The Bertz CT molecular complexity index is 413. The smallest absolute Gasteiger partial charge is 0.195 e. The Labute approximate surface area is 101 Å². The lowest BCUT2D eigenvalue weighted by molar-refractivity contribution is -0.116. The number of carbonyl (C=O) groups is 1. The van der Waals surface area contributed by atoms with Crippen LogP contribution in [-0.4, -0.2) is 20.0 Å². The van der Waals surface area contributed by atoms with Gasteiger partial charge in [-0.15, -0.1) is 0 Å². The van der Waals surface area contributed by atoms with Crippen molar-refractivity contribution in [3.8, 4) is 5.75 Å². The number of para-hydroxylation sites is 1. The maximum absolute atomic E-state index is 11.1. The lowest BCUT2D eigenvalue weighted by Gasteiger charge is -2.08. The Morgan fingerprint density at radius 2 is 2.06 bits per heavy atom. The van der Waals surface area contributed by atoms with Gasteiger partial charge in [0.2, 0.25) is 0 Å². The molecule has 0 aliphatic heterocycles. The molecule has 1 aromatic carbocycles. The molecule has 0 unspecified atom stereocenters. The average molecular weight is 235 g/mol. The normalized spacial score (nSPS) is 10.9. The third kappa shape index (κ3) is 3.83. The van der Waals surface area contributed by atoms with Gasteiger partial charge in [0.1, 0.15) is 5.75 Å². The van der Waals surface area contributed by atoms with Crippen LogP contribution in [0.4, 0.5) is 0 Å². The minimum atomic E-state index is -0.111. The van der Waals surface area contributed by atoms with Crippen LogP contribution in [-0.2, 0) is 16.1 Å². The van der Waals surface area contributed by atoms with E-state index in [4.69, 9.17) is 9.47 Å². The van der Waals surface area contributed by atoms with E-state index in [2.05, 4.69) is 5.32 Å². The highest BCUT2D eigenvalue weighted by molar-refractivity contribution is 5.91. The van der Waals surface area contributed by atoms with Crippen LogP contribution < -0.4 is 10.1 Å². The number of methoxy groups -OCH3 is 2. The van der Waals surface area contributed by atoms with Crippen LogP contribution in [0.25, 0.3) is 0 Å². The molecule has 0 aliphatic rings. The maximum atomic E-state index is 11.1. The van der Waals surface area contributed by atoms with Crippen molar-refractivity contribution >= 4 is 5.78 Å². The molecular weight excluding hydrogens is 218 g/mol. The molecule has 1 aromatic rings. The molecule has 0 saturated heterocycles. The molecule has 4 heteroatoms. The van der Waals surface area contributed by atoms with Crippen LogP contribution in [0.3, 0.4) is 0 Å². The second-order valence-electron chi connectivity index (χ2n) is 3.46. The zero-order valence-electron chi connectivity index (χ0n) is 10.3. The predicted molar refractivity (Wildman–Crippen MR) is 65.6 cm³/mol. The molecule has 0 bridgehead atoms. The summed E-state index contributed by atoms with van der Waals surface area (Å²) in [4.78, 5) is 11.1. The Balaban J connectivity index is 2.64. The summed E-state index contributed by atoms with van der Waals surface area (Å²) in [5.41, 5.74) is 1.02. The van der Waals surface area contributed by atoms with Crippen LogP contribution in [0.1, 0.15) is 12.5 Å². The molecule has 1 rings (SSSR count). The highest BCUT2D eigenvalue weighted by Gasteiger charge is 2.03. The third-order valence-corrected chi connectivity index (χ3v) is 2.29. The van der Waals surface area contributed by atoms with Gasteiger partial charge in [0.25, 0.3) is 0 Å². The van der Waals surface area contributed by atoms with Gasteiger partial charge in [-0.2, -0.15) is 0 Å². The number of allylic oxidation sites excluding steroid dienone is 1. The van der Waals surface area contributed by atoms with Crippen LogP contribution >= 0.6 is 0 Å². The lowest BCUT2D eigenvalue weighted by Crippen LogP contribution is -2.10. The van der Waals surface area contributed by atoms with E-state index < -0.39 is 0 Å². The molecule has 0 amide bonds. The second-order valence-corrected chi connectivity index (χ2v) is 3.46. The predicted octanol–water partition coefficient (Wildman–Crippen LogP) is 1.86. The summed E-state index contributed by atoms with van der Waals surface area (Å²) < 4.78 is 10.1. The van der Waals surface area contributed by atoms with Gasteiger partial charge in [0, 0.05) is 25.2 Å². The van der Waals surface area contributed by atoms with Crippen molar-refractivity contribution in [3.63, 3.8) is 0 Å². The number of hydrogen-bond donors (Lipinski definition) is 1. The average Bonchev–Trinajstić information content (AvgIpc) is 2.34. The van der Waals surface area contributed by atoms with E-state index in [1.165, 1.54) is 14.0 Å². The molecule has 0 fully saturated rings. The Morgan fingerprint density at radius 3 is 2.65 bits per heavy atom. The first-order valence-electron chi connectivity index (χ1n) is 5.29. The molecule has 0 heterocycles. The number of rotatable bonds is 6. The number of benzene rings is 1. The van der Waals surface area contributed by atoms with Crippen LogP contribution in [0.5, 0.6) is 5.75 Å². The van der Waals surface area contributed by atoms with E-state index in [9.17, 15) is 4.79 Å². The van der Waals surface area contributed by atoms with Gasteiger partial charge in [-0.3, -0.25) is 4.79 Å². The Hall–Kier alpha value is -1.97. The molecule has 0 aliphatic carbocycles. The summed E-state index contributed by atoms with van der Waals surface area (Å²) in [6.45, 7) is 2.03. The van der Waals surface area contributed by atoms with Crippen LogP contribution in [0.2, 0.25) is 0 Å². The molecular formula is C13H17NO3. The standard InChI is InChI=1S/C13H17NO3/c1-10(15)13(17-3)9-14-8-11-6-4-5-7-12(11)16-2/h4-7,9,14H,8H2,1-3H3/b13-9+. The van der Waals surface area contributed by atoms with E-state index >= 15 is 0 Å². The Morgan fingerprint density at radius 1 is 1.35 bits per heavy atom. The summed E-state index contributed by atoms with van der Waals surface area (Å²) in [5, 5.41) is 3.02. The molecule has 0 saturated carbocycles. The summed E-state index contributed by atoms with van der Waals surface area (Å²) in [6.07, 6.45) is 1.56. The number of carbonyl (C=O) groups excluding carboxylic acids is 1. The number of ether oxygens (including phenoxy) is 2. The fraction of sp³-hybridized carbons (Fsp3) is 0.308. The van der Waals surface area contributed by atoms with Crippen LogP contribution in [0, 0.1) is 0 Å². The van der Waals surface area contributed by atoms with E-state index in [1.54, 1.807) is 13.3 Å². The SMILES string of the molecule is CO/C(=C/NCc1ccccc1OC)C(C)=O. The first kappa shape index (κ1) is 13.1. The maximum Gasteiger partial charge on any atom is 0.195 e. The fourth-order valence-corrected chi connectivity index (χ4v) is 1.41. The van der Waals surface area contributed by atoms with Crippen molar-refractivity contribution in [2.24, 2.45) is 0 Å². The topological polar surface area (TPSA) is 47.6 Å². The molecule has 4 nitrogen and oxygen atoms in total. The largest absolute Gasteiger partial charge is 0.496 e.